The Kier molecular flexibility index (Phi) is 6.84. The fourth-order valence-corrected chi connectivity index (χ4v) is 3.86. The largest absolute Gasteiger partial charge is 0.490 e. The number of halogens is 1. The number of likely N-dealkylation sites (N-methyl/N-ethyl adjacent to an activating group) is 1. The van der Waals surface area contributed by atoms with Crippen molar-refractivity contribution in [2.45, 2.75) is 43.5 Å². The third kappa shape index (κ3) is 4.89. The van der Waals surface area contributed by atoms with Gasteiger partial charge in [-0.05, 0) is 38.9 Å². The van der Waals surface area contributed by atoms with Gasteiger partial charge in [0.15, 0.2) is 11.5 Å². The van der Waals surface area contributed by atoms with Crippen molar-refractivity contribution in [3.8, 4) is 11.5 Å². The molecule has 0 spiro atoms. The molecule has 1 fully saturated rings. The monoisotopic (exact) mass is 355 g/mol. The first-order valence-corrected chi connectivity index (χ1v) is 8.83. The van der Waals surface area contributed by atoms with Gasteiger partial charge < -0.3 is 9.47 Å². The molecule has 0 amide bonds. The van der Waals surface area contributed by atoms with Crippen LogP contribution in [0.3, 0.4) is 0 Å². The molecule has 2 rings (SSSR count). The summed E-state index contributed by atoms with van der Waals surface area (Å²) < 4.78 is 11.5. The van der Waals surface area contributed by atoms with Crippen molar-refractivity contribution in [2.24, 2.45) is 0 Å². The molecule has 3 nitrogen and oxygen atoms in total. The van der Waals surface area contributed by atoms with Crippen molar-refractivity contribution >= 4 is 15.9 Å². The van der Waals surface area contributed by atoms with E-state index in [0.717, 1.165) is 18.0 Å². The Morgan fingerprint density at radius 3 is 2.48 bits per heavy atom. The Bertz CT molecular complexity index is 427. The molecule has 1 aliphatic carbocycles. The molecule has 21 heavy (non-hydrogen) atoms. The van der Waals surface area contributed by atoms with E-state index in [1.165, 1.54) is 25.7 Å². The summed E-state index contributed by atoms with van der Waals surface area (Å²) in [7, 11) is 2.20. The summed E-state index contributed by atoms with van der Waals surface area (Å²) >= 11 is 3.82. The summed E-state index contributed by atoms with van der Waals surface area (Å²) in [6.45, 7) is 4.28. The molecule has 0 aromatic heterocycles. The Hall–Kier alpha value is -0.740. The lowest BCUT2D eigenvalue weighted by molar-refractivity contribution is 0.163. The van der Waals surface area contributed by atoms with E-state index in [2.05, 4.69) is 27.9 Å². The van der Waals surface area contributed by atoms with Gasteiger partial charge in [-0.25, -0.2) is 0 Å². The van der Waals surface area contributed by atoms with Crippen molar-refractivity contribution < 1.29 is 9.47 Å². The van der Waals surface area contributed by atoms with Gasteiger partial charge in [0.05, 0.1) is 6.61 Å². The van der Waals surface area contributed by atoms with Gasteiger partial charge in [-0.1, -0.05) is 40.9 Å². The Balaban J connectivity index is 1.81. The molecule has 1 aliphatic rings. The van der Waals surface area contributed by atoms with Crippen LogP contribution in [0.2, 0.25) is 0 Å². The van der Waals surface area contributed by atoms with Crippen LogP contribution in [0.25, 0.3) is 0 Å². The number of rotatable bonds is 7. The zero-order valence-electron chi connectivity index (χ0n) is 13.1. The molecule has 0 saturated heterocycles. The summed E-state index contributed by atoms with van der Waals surface area (Å²) in [5, 5.41) is 0. The van der Waals surface area contributed by atoms with Gasteiger partial charge in [0.25, 0.3) is 0 Å². The molecule has 1 aromatic carbocycles. The molecule has 2 unspecified atom stereocenters. The molecular formula is C17H26BrNO2. The maximum absolute atomic E-state index is 5.90. The predicted molar refractivity (Wildman–Crippen MR) is 90.7 cm³/mol. The van der Waals surface area contributed by atoms with E-state index in [9.17, 15) is 0 Å². The second-order valence-corrected chi connectivity index (χ2v) is 6.75. The lowest BCUT2D eigenvalue weighted by Crippen LogP contribution is -2.42. The van der Waals surface area contributed by atoms with E-state index in [1.54, 1.807) is 0 Å². The SMILES string of the molecule is CCOc1ccccc1OCCN(C)C1CCCCC1Br. The highest BCUT2D eigenvalue weighted by Crippen LogP contribution is 2.28. The number of hydrogen-bond donors (Lipinski definition) is 0. The first-order valence-electron chi connectivity index (χ1n) is 7.91. The van der Waals surface area contributed by atoms with E-state index in [-0.39, 0.29) is 0 Å². The van der Waals surface area contributed by atoms with Gasteiger partial charge >= 0.3 is 0 Å². The van der Waals surface area contributed by atoms with Gasteiger partial charge in [-0.3, -0.25) is 4.90 Å². The molecule has 0 radical (unpaired) electrons. The Morgan fingerprint density at radius 2 is 1.81 bits per heavy atom. The van der Waals surface area contributed by atoms with Crippen LogP contribution in [-0.2, 0) is 0 Å². The van der Waals surface area contributed by atoms with Crippen molar-refractivity contribution in [2.75, 3.05) is 26.8 Å². The predicted octanol–water partition coefficient (Wildman–Crippen LogP) is 4.10. The van der Waals surface area contributed by atoms with Crippen LogP contribution in [0.15, 0.2) is 24.3 Å². The zero-order valence-corrected chi connectivity index (χ0v) is 14.6. The normalized spacial score (nSPS) is 22.3. The maximum atomic E-state index is 5.90. The first kappa shape index (κ1) is 16.6. The molecule has 118 valence electrons. The van der Waals surface area contributed by atoms with Gasteiger partial charge in [0.2, 0.25) is 0 Å². The number of benzene rings is 1. The number of hydrogen-bond acceptors (Lipinski definition) is 3. The van der Waals surface area contributed by atoms with Crippen LogP contribution in [0.4, 0.5) is 0 Å². The highest BCUT2D eigenvalue weighted by atomic mass is 79.9. The second-order valence-electron chi connectivity index (χ2n) is 5.58. The van der Waals surface area contributed by atoms with E-state index in [1.807, 2.05) is 31.2 Å². The molecule has 1 aromatic rings. The maximum Gasteiger partial charge on any atom is 0.161 e. The van der Waals surface area contributed by atoms with Crippen LogP contribution in [0, 0.1) is 0 Å². The minimum absolute atomic E-state index is 0.618. The third-order valence-electron chi connectivity index (χ3n) is 4.06. The van der Waals surface area contributed by atoms with Crippen LogP contribution in [0.5, 0.6) is 11.5 Å². The van der Waals surface area contributed by atoms with Crippen molar-refractivity contribution in [3.05, 3.63) is 24.3 Å². The lowest BCUT2D eigenvalue weighted by Gasteiger charge is -2.35. The van der Waals surface area contributed by atoms with Crippen LogP contribution in [-0.4, -0.2) is 42.6 Å². The van der Waals surface area contributed by atoms with Crippen molar-refractivity contribution in [1.82, 2.24) is 4.90 Å². The van der Waals surface area contributed by atoms with Gasteiger partial charge in [0, 0.05) is 17.4 Å². The molecule has 0 N–H and O–H groups in total. The molecule has 4 heteroatoms. The van der Waals surface area contributed by atoms with Crippen LogP contribution in [0.1, 0.15) is 32.6 Å². The van der Waals surface area contributed by atoms with E-state index in [4.69, 9.17) is 9.47 Å². The number of nitrogens with zero attached hydrogens (tertiary/aromatic N) is 1. The number of alkyl halides is 1. The van der Waals surface area contributed by atoms with Crippen LogP contribution < -0.4 is 9.47 Å². The fourth-order valence-electron chi connectivity index (χ4n) is 2.87. The Morgan fingerprint density at radius 1 is 1.14 bits per heavy atom. The lowest BCUT2D eigenvalue weighted by atomic mass is 9.94. The molecule has 0 heterocycles. The highest BCUT2D eigenvalue weighted by molar-refractivity contribution is 9.09. The second kappa shape index (κ2) is 8.64. The zero-order chi connectivity index (χ0) is 15.1. The number of ether oxygens (including phenoxy) is 2. The van der Waals surface area contributed by atoms with Crippen molar-refractivity contribution in [3.63, 3.8) is 0 Å². The van der Waals surface area contributed by atoms with Crippen LogP contribution >= 0.6 is 15.9 Å². The average molecular weight is 356 g/mol. The minimum Gasteiger partial charge on any atom is -0.490 e. The number of para-hydroxylation sites is 2. The van der Waals surface area contributed by atoms with E-state index >= 15 is 0 Å². The Labute approximate surface area is 136 Å². The molecule has 1 saturated carbocycles. The van der Waals surface area contributed by atoms with E-state index in [0.29, 0.717) is 24.1 Å². The smallest absolute Gasteiger partial charge is 0.161 e. The standard InChI is InChI=1S/C17H26BrNO2/c1-3-20-16-10-6-7-11-17(16)21-13-12-19(2)15-9-5-4-8-14(15)18/h6-7,10-11,14-15H,3-5,8-9,12-13H2,1-2H3. The molecule has 2 atom stereocenters. The first-order chi connectivity index (χ1) is 10.2. The minimum atomic E-state index is 0.618. The average Bonchev–Trinajstić information content (AvgIpc) is 2.49. The summed E-state index contributed by atoms with van der Waals surface area (Å²) in [5.74, 6) is 1.67. The summed E-state index contributed by atoms with van der Waals surface area (Å²) in [4.78, 5) is 3.04. The summed E-state index contributed by atoms with van der Waals surface area (Å²) in [6.07, 6.45) is 5.24. The molecule has 0 aliphatic heterocycles. The molecule has 0 bridgehead atoms. The molecular weight excluding hydrogens is 330 g/mol. The highest BCUT2D eigenvalue weighted by Gasteiger charge is 2.25. The fraction of sp³-hybridized carbons (Fsp3) is 0.647. The third-order valence-corrected chi connectivity index (χ3v) is 5.13. The van der Waals surface area contributed by atoms with Gasteiger partial charge in [0.1, 0.15) is 6.61 Å². The van der Waals surface area contributed by atoms with Gasteiger partial charge in [-0.2, -0.15) is 0 Å². The van der Waals surface area contributed by atoms with E-state index < -0.39 is 0 Å². The van der Waals surface area contributed by atoms with Crippen molar-refractivity contribution in [1.29, 1.82) is 0 Å². The van der Waals surface area contributed by atoms with Gasteiger partial charge in [-0.15, -0.1) is 0 Å². The summed E-state index contributed by atoms with van der Waals surface area (Å²) in [6, 6.07) is 8.51. The topological polar surface area (TPSA) is 21.7 Å². The summed E-state index contributed by atoms with van der Waals surface area (Å²) in [5.41, 5.74) is 0. The quantitative estimate of drug-likeness (QED) is 0.687.